The first-order chi connectivity index (χ1) is 41.5. The number of rotatable bonds is 2. The van der Waals surface area contributed by atoms with Gasteiger partial charge in [0, 0.05) is 65.9 Å². The number of aromatic hydroxyl groups is 1. The Hall–Kier alpha value is -5.51. The highest BCUT2D eigenvalue weighted by atomic mass is 16.6. The SMILES string of the molecule is C[C@@]1(O)CNc2cc(cc([C@H]3C#C[C@@H]4CC(=O)Oc5c4cc(c(O)c5C4CCCCC4)C[C@H]4OC(=O)/C(=C\[C@H](O)Cc5cccc(c5)C[C@H]5C(=O)CC[C@@H]6[C@H]5C[C@@H]5CCCC[C@@H]5[C@]64O)C3)c2)[C@@H](O)C2(C#CC3CCC(CC3)OC[C@H]1O)CCCCC2. The van der Waals surface area contributed by atoms with Gasteiger partial charge >= 0.3 is 11.9 Å². The molecule has 5 aliphatic heterocycles. The maximum atomic E-state index is 16.1. The van der Waals surface area contributed by atoms with E-state index in [4.69, 9.17) is 14.2 Å². The lowest BCUT2D eigenvalue weighted by Gasteiger charge is -2.59. The Balaban J connectivity index is 1.01. The Bertz CT molecular complexity index is 3230. The van der Waals surface area contributed by atoms with E-state index in [0.717, 1.165) is 114 Å². The maximum absolute atomic E-state index is 16.1. The molecule has 13 heteroatoms. The minimum Gasteiger partial charge on any atom is -0.507 e. The molecule has 458 valence electrons. The molecule has 0 unspecified atom stereocenters. The van der Waals surface area contributed by atoms with Crippen LogP contribution in [0.5, 0.6) is 11.5 Å². The number of ether oxygens (including phenoxy) is 3. The van der Waals surface area contributed by atoms with Gasteiger partial charge in [-0.15, -0.1) is 0 Å². The van der Waals surface area contributed by atoms with Crippen LogP contribution in [0.3, 0.4) is 0 Å². The number of hydrogen-bond donors (Lipinski definition) is 7. The van der Waals surface area contributed by atoms with Gasteiger partial charge in [-0.1, -0.05) is 112 Å². The highest BCUT2D eigenvalue weighted by Gasteiger charge is 2.62. The first-order valence-corrected chi connectivity index (χ1v) is 33.2. The van der Waals surface area contributed by atoms with Gasteiger partial charge in [0.25, 0.3) is 0 Å². The van der Waals surface area contributed by atoms with Crippen molar-refractivity contribution in [2.75, 3.05) is 18.5 Å². The number of hydrogen-bond acceptors (Lipinski definition) is 13. The Morgan fingerprint density at radius 2 is 1.44 bits per heavy atom. The predicted octanol–water partition coefficient (Wildman–Crippen LogP) is 10.8. The summed E-state index contributed by atoms with van der Waals surface area (Å²) in [4.78, 5) is 44.7. The number of ketones is 1. The molecule has 5 heterocycles. The van der Waals surface area contributed by atoms with Crippen molar-refractivity contribution in [3.8, 4) is 35.2 Å². The molecule has 0 amide bonds. The Morgan fingerprint density at radius 3 is 2.24 bits per heavy atom. The van der Waals surface area contributed by atoms with Gasteiger partial charge in [-0.2, -0.15) is 0 Å². The number of nitrogens with one attached hydrogen (secondary N) is 1. The number of aliphatic hydroxyl groups excluding tert-OH is 3. The van der Waals surface area contributed by atoms with E-state index in [-0.39, 0.29) is 104 Å². The van der Waals surface area contributed by atoms with Gasteiger partial charge in [-0.25, -0.2) is 4.79 Å². The summed E-state index contributed by atoms with van der Waals surface area (Å²) in [5, 5.41) is 79.8. The van der Waals surface area contributed by atoms with Crippen LogP contribution in [0.2, 0.25) is 0 Å². The molecular formula is C73H89NO12. The van der Waals surface area contributed by atoms with E-state index in [0.29, 0.717) is 71.4 Å². The average molecular weight is 1170 g/mol. The number of benzene rings is 3. The topological polar surface area (TPSA) is 212 Å². The number of carbonyl (C=O) groups is 3. The Labute approximate surface area is 507 Å². The van der Waals surface area contributed by atoms with Crippen molar-refractivity contribution < 1.29 is 59.2 Å². The van der Waals surface area contributed by atoms with Crippen LogP contribution in [-0.4, -0.2) is 97.1 Å². The van der Waals surface area contributed by atoms with Crippen LogP contribution >= 0.6 is 0 Å². The average Bonchev–Trinajstić information content (AvgIpc) is 0.972. The predicted molar refractivity (Wildman–Crippen MR) is 325 cm³/mol. The normalized spacial score (nSPS) is 37.2. The molecule has 0 saturated heterocycles. The van der Waals surface area contributed by atoms with E-state index < -0.39 is 70.7 Å². The van der Waals surface area contributed by atoms with Gasteiger partial charge in [0.15, 0.2) is 0 Å². The summed E-state index contributed by atoms with van der Waals surface area (Å²) in [6.45, 7) is 1.44. The number of phenolic OH excluding ortho intramolecular Hbond substituents is 1. The lowest BCUT2D eigenvalue weighted by molar-refractivity contribution is -0.228. The molecular weight excluding hydrogens is 1080 g/mol. The van der Waals surface area contributed by atoms with E-state index in [1.54, 1.807) is 13.0 Å². The Kier molecular flexibility index (Phi) is 16.9. The highest BCUT2D eigenvalue weighted by Crippen LogP contribution is 2.60. The zero-order valence-corrected chi connectivity index (χ0v) is 50.2. The Morgan fingerprint density at radius 1 is 0.709 bits per heavy atom. The van der Waals surface area contributed by atoms with Crippen LogP contribution in [-0.2, 0) is 43.1 Å². The van der Waals surface area contributed by atoms with Gasteiger partial charge in [0.2, 0.25) is 0 Å². The van der Waals surface area contributed by atoms with Gasteiger partial charge in [0.05, 0.1) is 42.7 Å². The van der Waals surface area contributed by atoms with Crippen LogP contribution in [0.15, 0.2) is 60.2 Å². The van der Waals surface area contributed by atoms with Crippen LogP contribution in [0.25, 0.3) is 0 Å². The zero-order chi connectivity index (χ0) is 59.5. The molecule has 3 aromatic rings. The number of esters is 2. The summed E-state index contributed by atoms with van der Waals surface area (Å²) in [5.41, 5.74) is 1.30. The molecule has 13 nitrogen and oxygen atoms in total. The highest BCUT2D eigenvalue weighted by molar-refractivity contribution is 5.89. The molecule has 11 aliphatic rings. The monoisotopic (exact) mass is 1170 g/mol. The third kappa shape index (κ3) is 11.7. The molecule has 0 aromatic heterocycles. The summed E-state index contributed by atoms with van der Waals surface area (Å²) >= 11 is 0. The third-order valence-corrected chi connectivity index (χ3v) is 22.8. The fourth-order valence-corrected chi connectivity index (χ4v) is 18.0. The number of anilines is 1. The largest absolute Gasteiger partial charge is 0.507 e. The van der Waals surface area contributed by atoms with E-state index in [2.05, 4.69) is 35.1 Å². The number of aliphatic hydroxyl groups is 5. The van der Waals surface area contributed by atoms with Crippen molar-refractivity contribution in [2.24, 2.45) is 40.9 Å². The number of phenols is 1. The number of fused-ring (bicyclic) bond motifs is 16. The fraction of sp³-hybridized carbons (Fsp3) is 0.630. The maximum Gasteiger partial charge on any atom is 0.334 e. The van der Waals surface area contributed by atoms with Crippen molar-refractivity contribution in [1.29, 1.82) is 0 Å². The molecule has 6 fully saturated rings. The molecule has 0 radical (unpaired) electrons. The second kappa shape index (κ2) is 24.5. The number of Topliss-reactive ketones (excluding diaryl/α,β-unsaturated/α-hetero) is 1. The molecule has 14 bridgehead atoms. The summed E-state index contributed by atoms with van der Waals surface area (Å²) in [7, 11) is 0. The van der Waals surface area contributed by atoms with Crippen LogP contribution in [0.1, 0.15) is 217 Å². The van der Waals surface area contributed by atoms with E-state index >= 15 is 4.79 Å². The standard InChI is InChI=1S/C73H89NO12/c1-71(82)42-74-54-34-50(33-52(35-54)69(80)72(26-8-3-9-27-72)28-25-43-17-21-56(22-18-43)84-41-63(71)77)47-19-20-48-40-65(78)86-68-57(48)38-51(67(79)66(68)46-13-4-2-5-14-46)39-64-73(83)60-16-7-6-15-49(60)37-58-59(62(76)24-23-61(58)73)31-45-12-10-11-44(29-45)30-55(75)36-53(32-47)70(81)85-64/h10-12,29,33-36,38,43,46-49,55-56,58-61,63-64,69,74-75,77,79-80,82-83H,2-9,13-18,21-24,26-27,30-32,37,39-42H2,1H3/b53-36-/t43?,47-,48+,49-,55+,56?,58-,59+,60-,61+,63+,64+,69+,71+,73-/m0/s1. The summed E-state index contributed by atoms with van der Waals surface area (Å²) in [6.07, 6.45) is 14.1. The van der Waals surface area contributed by atoms with E-state index in [1.165, 1.54) is 0 Å². The van der Waals surface area contributed by atoms with Crippen molar-refractivity contribution in [3.63, 3.8) is 0 Å². The van der Waals surface area contributed by atoms with E-state index in [9.17, 15) is 40.2 Å². The molecule has 1 spiro atoms. The fourth-order valence-electron chi connectivity index (χ4n) is 18.0. The minimum atomic E-state index is -1.65. The van der Waals surface area contributed by atoms with Crippen molar-refractivity contribution in [1.82, 2.24) is 0 Å². The van der Waals surface area contributed by atoms with Crippen molar-refractivity contribution in [3.05, 3.63) is 99.1 Å². The third-order valence-electron chi connectivity index (χ3n) is 22.8. The van der Waals surface area contributed by atoms with Crippen LogP contribution < -0.4 is 10.1 Å². The minimum absolute atomic E-state index is 0.0231. The molecule has 3 aromatic carbocycles. The van der Waals surface area contributed by atoms with E-state index in [1.807, 2.05) is 42.5 Å². The molecule has 7 N–H and O–H groups in total. The van der Waals surface area contributed by atoms with Gasteiger partial charge < -0.3 is 50.2 Å². The van der Waals surface area contributed by atoms with Gasteiger partial charge in [0.1, 0.15) is 40.7 Å². The summed E-state index contributed by atoms with van der Waals surface area (Å²) in [6, 6.07) is 15.6. The van der Waals surface area contributed by atoms with Crippen LogP contribution in [0, 0.1) is 64.6 Å². The second-order valence-corrected chi connectivity index (χ2v) is 28.4. The molecule has 6 aliphatic carbocycles. The van der Waals surface area contributed by atoms with Gasteiger partial charge in [-0.05, 0) is 172 Å². The smallest absolute Gasteiger partial charge is 0.334 e. The molecule has 13 atom stereocenters. The lowest BCUT2D eigenvalue weighted by atomic mass is 9.48. The first-order valence-electron chi connectivity index (χ1n) is 33.2. The molecule has 86 heavy (non-hydrogen) atoms. The van der Waals surface area contributed by atoms with Crippen molar-refractivity contribution >= 4 is 23.4 Å². The number of carbonyl (C=O) groups excluding carboxylic acids is 3. The van der Waals surface area contributed by atoms with Crippen LogP contribution in [0.4, 0.5) is 5.69 Å². The first kappa shape index (κ1) is 59.5. The second-order valence-electron chi connectivity index (χ2n) is 28.4. The lowest BCUT2D eigenvalue weighted by Crippen LogP contribution is -2.65. The summed E-state index contributed by atoms with van der Waals surface area (Å²) < 4.78 is 19.7. The quantitative estimate of drug-likeness (QED) is 0.0724. The van der Waals surface area contributed by atoms with Crippen molar-refractivity contribution in [2.45, 2.75) is 233 Å². The molecule has 14 rings (SSSR count). The summed E-state index contributed by atoms with van der Waals surface area (Å²) in [5.74, 6) is 11.0. The molecule has 6 saturated carbocycles. The van der Waals surface area contributed by atoms with Gasteiger partial charge in [-0.3, -0.25) is 9.59 Å². The zero-order valence-electron chi connectivity index (χ0n) is 50.2.